The van der Waals surface area contributed by atoms with Gasteiger partial charge in [-0.3, -0.25) is 0 Å². The molecule has 0 unspecified atom stereocenters. The van der Waals surface area contributed by atoms with E-state index in [1.165, 1.54) is 0 Å². The summed E-state index contributed by atoms with van der Waals surface area (Å²) < 4.78 is 45.2. The van der Waals surface area contributed by atoms with Gasteiger partial charge in [0.05, 0.1) is 12.3 Å². The van der Waals surface area contributed by atoms with E-state index in [4.69, 9.17) is 4.74 Å². The molecule has 2 rings (SSSR count). The van der Waals surface area contributed by atoms with E-state index in [0.717, 1.165) is 9.77 Å². The molecule has 0 amide bonds. The van der Waals surface area contributed by atoms with Crippen LogP contribution < -0.4 is 10.1 Å². The van der Waals surface area contributed by atoms with Crippen molar-refractivity contribution in [2.75, 3.05) is 11.9 Å². The monoisotopic (exact) mass is 437 g/mol. The van der Waals surface area contributed by atoms with Crippen molar-refractivity contribution in [1.29, 1.82) is 0 Å². The van der Waals surface area contributed by atoms with Gasteiger partial charge in [-0.2, -0.15) is 18.2 Å². The molecule has 1 aromatic heterocycles. The fourth-order valence-corrected chi connectivity index (χ4v) is 2.18. The maximum Gasteiger partial charge on any atom is 0.423 e. The predicted octanol–water partition coefficient (Wildman–Crippen LogP) is 4.88. The first kappa shape index (κ1) is 17.8. The van der Waals surface area contributed by atoms with Gasteiger partial charge < -0.3 is 10.1 Å². The van der Waals surface area contributed by atoms with E-state index in [-0.39, 0.29) is 18.5 Å². The number of nitrogens with one attached hydrogen (secondary N) is 1. The number of hydrogen-bond donors (Lipinski definition) is 1. The number of ether oxygens (including phenoxy) is 1. The highest BCUT2D eigenvalue weighted by atomic mass is 127. The standard InChI is InChI=1S/C15H15F3IN3O/c1-9(2)8-23-13-10(15(16,17)18)7-20-14(22-13)21-12-6-4-3-5-11(12)19/h3-7,9H,8H2,1-2H3,(H,20,21,22). The summed E-state index contributed by atoms with van der Waals surface area (Å²) in [5.74, 6) is -0.326. The van der Waals surface area contributed by atoms with Gasteiger partial charge in [0.1, 0.15) is 5.56 Å². The van der Waals surface area contributed by atoms with Crippen molar-refractivity contribution in [2.24, 2.45) is 5.92 Å². The molecule has 0 atom stereocenters. The Morgan fingerprint density at radius 3 is 2.57 bits per heavy atom. The van der Waals surface area contributed by atoms with Crippen molar-refractivity contribution < 1.29 is 17.9 Å². The predicted molar refractivity (Wildman–Crippen MR) is 89.8 cm³/mol. The minimum absolute atomic E-state index is 0.0564. The number of nitrogens with zero attached hydrogens (tertiary/aromatic N) is 2. The summed E-state index contributed by atoms with van der Waals surface area (Å²) in [5.41, 5.74) is -0.269. The van der Waals surface area contributed by atoms with Crippen LogP contribution in [0.3, 0.4) is 0 Å². The van der Waals surface area contributed by atoms with Gasteiger partial charge >= 0.3 is 6.18 Å². The van der Waals surface area contributed by atoms with Crippen LogP contribution in [0.25, 0.3) is 0 Å². The third kappa shape index (κ3) is 4.95. The summed E-state index contributed by atoms with van der Waals surface area (Å²) in [6.45, 7) is 3.84. The van der Waals surface area contributed by atoms with Crippen LogP contribution in [0.5, 0.6) is 5.88 Å². The maximum absolute atomic E-state index is 13.0. The quantitative estimate of drug-likeness (QED) is 0.678. The van der Waals surface area contributed by atoms with E-state index in [2.05, 4.69) is 37.9 Å². The Morgan fingerprint density at radius 2 is 1.96 bits per heavy atom. The summed E-state index contributed by atoms with van der Waals surface area (Å²) in [6.07, 6.45) is -3.83. The van der Waals surface area contributed by atoms with Crippen molar-refractivity contribution in [2.45, 2.75) is 20.0 Å². The average molecular weight is 437 g/mol. The molecule has 0 aliphatic heterocycles. The van der Waals surface area contributed by atoms with Crippen LogP contribution in [0.1, 0.15) is 19.4 Å². The molecule has 0 bridgehead atoms. The third-order valence-electron chi connectivity index (χ3n) is 2.73. The van der Waals surface area contributed by atoms with Gasteiger partial charge in [0.25, 0.3) is 0 Å². The molecule has 0 aliphatic carbocycles. The van der Waals surface area contributed by atoms with Crippen LogP contribution in [0.4, 0.5) is 24.8 Å². The molecule has 0 aliphatic rings. The summed E-state index contributed by atoms with van der Waals surface area (Å²) in [6, 6.07) is 7.32. The molecule has 2 aromatic rings. The number of halogens is 4. The first-order valence-corrected chi connectivity index (χ1v) is 7.94. The lowest BCUT2D eigenvalue weighted by molar-refractivity contribution is -0.139. The topological polar surface area (TPSA) is 47.0 Å². The lowest BCUT2D eigenvalue weighted by Crippen LogP contribution is -2.14. The molecule has 1 aromatic carbocycles. The fraction of sp³-hybridized carbons (Fsp3) is 0.333. The molecule has 0 radical (unpaired) electrons. The Morgan fingerprint density at radius 1 is 1.26 bits per heavy atom. The van der Waals surface area contributed by atoms with Crippen LogP contribution in [0.2, 0.25) is 0 Å². The zero-order valence-electron chi connectivity index (χ0n) is 12.5. The fourth-order valence-electron chi connectivity index (χ4n) is 1.66. The maximum atomic E-state index is 13.0. The number of para-hydroxylation sites is 1. The van der Waals surface area contributed by atoms with Crippen LogP contribution in [0, 0.1) is 9.49 Å². The highest BCUT2D eigenvalue weighted by molar-refractivity contribution is 14.1. The molecular formula is C15H15F3IN3O. The van der Waals surface area contributed by atoms with Crippen LogP contribution in [0.15, 0.2) is 30.5 Å². The molecule has 0 saturated carbocycles. The van der Waals surface area contributed by atoms with Gasteiger partial charge in [-0.05, 0) is 40.6 Å². The van der Waals surface area contributed by atoms with E-state index in [1.807, 2.05) is 32.0 Å². The van der Waals surface area contributed by atoms with Crippen molar-refractivity contribution in [3.63, 3.8) is 0 Å². The van der Waals surface area contributed by atoms with Crippen LogP contribution in [-0.2, 0) is 6.18 Å². The van der Waals surface area contributed by atoms with Gasteiger partial charge in [0, 0.05) is 9.77 Å². The minimum Gasteiger partial charge on any atom is -0.477 e. The van der Waals surface area contributed by atoms with Gasteiger partial charge in [-0.25, -0.2) is 4.98 Å². The van der Waals surface area contributed by atoms with Crippen LogP contribution in [-0.4, -0.2) is 16.6 Å². The Bertz CT molecular complexity index is 677. The number of rotatable bonds is 5. The summed E-state index contributed by atoms with van der Waals surface area (Å²) in [7, 11) is 0. The lowest BCUT2D eigenvalue weighted by Gasteiger charge is -2.15. The van der Waals surface area contributed by atoms with Gasteiger partial charge in [-0.1, -0.05) is 26.0 Å². The van der Waals surface area contributed by atoms with E-state index >= 15 is 0 Å². The number of aromatic nitrogens is 2. The molecule has 0 fully saturated rings. The van der Waals surface area contributed by atoms with Gasteiger partial charge in [0.2, 0.25) is 11.8 Å². The first-order valence-electron chi connectivity index (χ1n) is 6.86. The number of anilines is 2. The molecule has 23 heavy (non-hydrogen) atoms. The number of hydrogen-bond acceptors (Lipinski definition) is 4. The second-order valence-corrected chi connectivity index (χ2v) is 6.38. The second kappa shape index (κ2) is 7.33. The Hall–Kier alpha value is -1.58. The van der Waals surface area contributed by atoms with Crippen molar-refractivity contribution in [1.82, 2.24) is 9.97 Å². The molecule has 1 heterocycles. The summed E-state index contributed by atoms with van der Waals surface area (Å²) >= 11 is 2.11. The molecule has 1 N–H and O–H groups in total. The van der Waals surface area contributed by atoms with E-state index in [9.17, 15) is 13.2 Å². The molecule has 8 heteroatoms. The zero-order chi connectivity index (χ0) is 17.0. The van der Waals surface area contributed by atoms with E-state index in [1.54, 1.807) is 6.07 Å². The van der Waals surface area contributed by atoms with Crippen LogP contribution >= 0.6 is 22.6 Å². The number of alkyl halides is 3. The van der Waals surface area contributed by atoms with Crippen molar-refractivity contribution in [3.05, 3.63) is 39.6 Å². The largest absolute Gasteiger partial charge is 0.477 e. The van der Waals surface area contributed by atoms with Crippen molar-refractivity contribution in [3.8, 4) is 5.88 Å². The van der Waals surface area contributed by atoms with E-state index in [0.29, 0.717) is 5.69 Å². The first-order chi connectivity index (χ1) is 10.8. The van der Waals surface area contributed by atoms with E-state index < -0.39 is 17.6 Å². The summed E-state index contributed by atoms with van der Waals surface area (Å²) in [5, 5.41) is 2.90. The normalized spacial score (nSPS) is 11.6. The molecule has 4 nitrogen and oxygen atoms in total. The minimum atomic E-state index is -4.56. The number of benzene rings is 1. The Labute approximate surface area is 145 Å². The van der Waals surface area contributed by atoms with Gasteiger partial charge in [-0.15, -0.1) is 0 Å². The SMILES string of the molecule is CC(C)COc1nc(Nc2ccccc2I)ncc1C(F)(F)F. The highest BCUT2D eigenvalue weighted by Gasteiger charge is 2.36. The summed E-state index contributed by atoms with van der Waals surface area (Å²) in [4.78, 5) is 7.62. The Kier molecular flexibility index (Phi) is 5.66. The molecule has 0 spiro atoms. The Balaban J connectivity index is 2.32. The third-order valence-corrected chi connectivity index (χ3v) is 3.67. The molecule has 124 valence electrons. The molecule has 0 saturated heterocycles. The highest BCUT2D eigenvalue weighted by Crippen LogP contribution is 2.35. The lowest BCUT2D eigenvalue weighted by atomic mass is 10.2. The van der Waals surface area contributed by atoms with Gasteiger partial charge in [0.15, 0.2) is 0 Å². The second-order valence-electron chi connectivity index (χ2n) is 5.22. The zero-order valence-corrected chi connectivity index (χ0v) is 14.6. The molecular weight excluding hydrogens is 422 g/mol. The smallest absolute Gasteiger partial charge is 0.423 e. The average Bonchev–Trinajstić information content (AvgIpc) is 2.46. The van der Waals surface area contributed by atoms with Crippen molar-refractivity contribution >= 4 is 34.2 Å².